The van der Waals surface area contributed by atoms with Crippen molar-refractivity contribution in [1.82, 2.24) is 0 Å². The number of anilines is 1. The lowest BCUT2D eigenvalue weighted by Crippen LogP contribution is -2.30. The molecular formula is C19H15Cl2NO2S. The predicted octanol–water partition coefficient (Wildman–Crippen LogP) is 5.39. The third-order valence-corrected chi connectivity index (χ3v) is 6.20. The summed E-state index contributed by atoms with van der Waals surface area (Å²) in [4.78, 5) is 0.0988. The molecule has 0 fully saturated rings. The molecule has 0 aliphatic heterocycles. The van der Waals surface area contributed by atoms with Gasteiger partial charge in [-0.2, -0.15) is 0 Å². The second-order valence-electron chi connectivity index (χ2n) is 5.41. The lowest BCUT2D eigenvalue weighted by atomic mass is 10.2. The number of nitrogens with zero attached hydrogens (tertiary/aromatic N) is 1. The average Bonchev–Trinajstić information content (AvgIpc) is 2.63. The zero-order valence-electron chi connectivity index (χ0n) is 13.1. The summed E-state index contributed by atoms with van der Waals surface area (Å²) in [6.45, 7) is 0.216. The number of rotatable bonds is 5. The second-order valence-corrected chi connectivity index (χ2v) is 8.09. The van der Waals surface area contributed by atoms with Crippen LogP contribution in [-0.4, -0.2) is 8.42 Å². The normalized spacial score (nSPS) is 11.3. The summed E-state index contributed by atoms with van der Waals surface area (Å²) in [6.07, 6.45) is 0. The van der Waals surface area contributed by atoms with Crippen molar-refractivity contribution in [2.75, 3.05) is 4.31 Å². The second kappa shape index (κ2) is 7.48. The maximum Gasteiger partial charge on any atom is 0.264 e. The van der Waals surface area contributed by atoms with Crippen molar-refractivity contribution in [1.29, 1.82) is 0 Å². The van der Waals surface area contributed by atoms with Gasteiger partial charge in [0.25, 0.3) is 10.0 Å². The van der Waals surface area contributed by atoms with Crippen LogP contribution in [0.2, 0.25) is 10.0 Å². The van der Waals surface area contributed by atoms with Crippen LogP contribution < -0.4 is 4.31 Å². The monoisotopic (exact) mass is 391 g/mol. The highest BCUT2D eigenvalue weighted by Crippen LogP contribution is 2.30. The lowest BCUT2D eigenvalue weighted by Gasteiger charge is -2.25. The van der Waals surface area contributed by atoms with Crippen molar-refractivity contribution in [2.24, 2.45) is 0 Å². The summed E-state index contributed by atoms with van der Waals surface area (Å²) in [6, 6.07) is 22.7. The van der Waals surface area contributed by atoms with E-state index in [9.17, 15) is 8.42 Å². The van der Waals surface area contributed by atoms with E-state index >= 15 is 0 Å². The number of benzene rings is 3. The van der Waals surface area contributed by atoms with Gasteiger partial charge in [0.05, 0.1) is 27.2 Å². The number of halogens is 2. The minimum absolute atomic E-state index is 0.0988. The molecule has 128 valence electrons. The molecule has 25 heavy (non-hydrogen) atoms. The molecule has 0 aliphatic rings. The Labute approximate surface area is 157 Å². The molecule has 0 radical (unpaired) electrons. The van der Waals surface area contributed by atoms with Gasteiger partial charge in [-0.25, -0.2) is 8.42 Å². The largest absolute Gasteiger partial charge is 0.264 e. The highest BCUT2D eigenvalue weighted by molar-refractivity contribution is 7.92. The predicted molar refractivity (Wildman–Crippen MR) is 103 cm³/mol. The van der Waals surface area contributed by atoms with Crippen LogP contribution in [0.4, 0.5) is 5.69 Å². The van der Waals surface area contributed by atoms with Crippen LogP contribution in [0.1, 0.15) is 5.56 Å². The van der Waals surface area contributed by atoms with E-state index in [-0.39, 0.29) is 16.5 Å². The minimum Gasteiger partial charge on any atom is -0.262 e. The minimum atomic E-state index is -3.80. The fourth-order valence-corrected chi connectivity index (χ4v) is 4.27. The van der Waals surface area contributed by atoms with Gasteiger partial charge in [0, 0.05) is 0 Å². The Kier molecular flexibility index (Phi) is 5.33. The third kappa shape index (κ3) is 3.98. The van der Waals surface area contributed by atoms with Crippen LogP contribution >= 0.6 is 23.2 Å². The van der Waals surface area contributed by atoms with Crippen LogP contribution in [0.25, 0.3) is 0 Å². The molecule has 0 amide bonds. The first-order valence-corrected chi connectivity index (χ1v) is 9.75. The number of hydrogen-bond donors (Lipinski definition) is 0. The van der Waals surface area contributed by atoms with Crippen LogP contribution in [0.3, 0.4) is 0 Å². The van der Waals surface area contributed by atoms with Gasteiger partial charge in [0.15, 0.2) is 0 Å². The molecule has 0 aromatic heterocycles. The van der Waals surface area contributed by atoms with Gasteiger partial charge in [-0.1, -0.05) is 71.7 Å². The fraction of sp³-hybridized carbons (Fsp3) is 0.0526. The molecular weight excluding hydrogens is 377 g/mol. The summed E-state index contributed by atoms with van der Waals surface area (Å²) in [5.41, 5.74) is 1.47. The van der Waals surface area contributed by atoms with Crippen molar-refractivity contribution < 1.29 is 8.42 Å². The molecule has 0 saturated carbocycles. The van der Waals surface area contributed by atoms with Crippen molar-refractivity contribution in [2.45, 2.75) is 11.4 Å². The Morgan fingerprint density at radius 1 is 0.760 bits per heavy atom. The van der Waals surface area contributed by atoms with Gasteiger partial charge >= 0.3 is 0 Å². The van der Waals surface area contributed by atoms with Crippen LogP contribution in [0, 0.1) is 0 Å². The highest BCUT2D eigenvalue weighted by atomic mass is 35.5. The molecule has 3 rings (SSSR count). The lowest BCUT2D eigenvalue weighted by molar-refractivity contribution is 0.590. The van der Waals surface area contributed by atoms with Crippen molar-refractivity contribution >= 4 is 38.9 Å². The molecule has 0 spiro atoms. The van der Waals surface area contributed by atoms with Crippen LogP contribution in [0.5, 0.6) is 0 Å². The van der Waals surface area contributed by atoms with Gasteiger partial charge in [-0.15, -0.1) is 0 Å². The van der Waals surface area contributed by atoms with Gasteiger partial charge in [0.1, 0.15) is 0 Å². The zero-order valence-corrected chi connectivity index (χ0v) is 15.5. The van der Waals surface area contributed by atoms with E-state index in [1.54, 1.807) is 24.3 Å². The Morgan fingerprint density at radius 2 is 1.36 bits per heavy atom. The Bertz CT molecular complexity index is 961. The van der Waals surface area contributed by atoms with E-state index in [0.29, 0.717) is 10.7 Å². The van der Waals surface area contributed by atoms with Gasteiger partial charge in [0.2, 0.25) is 0 Å². The summed E-state index contributed by atoms with van der Waals surface area (Å²) >= 11 is 11.9. The first-order chi connectivity index (χ1) is 12.0. The molecule has 0 unspecified atom stereocenters. The molecule has 0 aliphatic carbocycles. The zero-order chi connectivity index (χ0) is 17.9. The average molecular weight is 392 g/mol. The number of sulfonamides is 1. The summed E-state index contributed by atoms with van der Waals surface area (Å²) < 4.78 is 27.8. The molecule has 0 heterocycles. The quantitative estimate of drug-likeness (QED) is 0.584. The molecule has 3 aromatic carbocycles. The summed E-state index contributed by atoms with van der Waals surface area (Å²) in [5.74, 6) is 0. The third-order valence-electron chi connectivity index (χ3n) is 3.69. The van der Waals surface area contributed by atoms with Crippen molar-refractivity contribution in [3.8, 4) is 0 Å². The SMILES string of the molecule is O=S(=O)(c1ccc(Cl)c(Cl)c1)N(Cc1ccccc1)c1ccccc1. The van der Waals surface area contributed by atoms with E-state index < -0.39 is 10.0 Å². The topological polar surface area (TPSA) is 37.4 Å². The van der Waals surface area contributed by atoms with E-state index in [1.807, 2.05) is 36.4 Å². The number of hydrogen-bond acceptors (Lipinski definition) is 2. The van der Waals surface area contributed by atoms with E-state index in [4.69, 9.17) is 23.2 Å². The van der Waals surface area contributed by atoms with Crippen molar-refractivity contribution in [3.63, 3.8) is 0 Å². The standard InChI is InChI=1S/C19H15Cl2NO2S/c20-18-12-11-17(13-19(18)21)25(23,24)22(16-9-5-2-6-10-16)14-15-7-3-1-4-8-15/h1-13H,14H2. The van der Waals surface area contributed by atoms with Crippen molar-refractivity contribution in [3.05, 3.63) is 94.5 Å². The molecule has 6 heteroatoms. The Hall–Kier alpha value is -2.01. The highest BCUT2D eigenvalue weighted by Gasteiger charge is 2.25. The molecule has 0 bridgehead atoms. The molecule has 3 aromatic rings. The van der Waals surface area contributed by atoms with Gasteiger partial charge < -0.3 is 0 Å². The number of para-hydroxylation sites is 1. The first kappa shape index (κ1) is 17.8. The van der Waals surface area contributed by atoms with Crippen LogP contribution in [0.15, 0.2) is 83.8 Å². The van der Waals surface area contributed by atoms with E-state index in [0.717, 1.165) is 5.56 Å². The Balaban J connectivity index is 2.08. The van der Waals surface area contributed by atoms with Crippen LogP contribution in [-0.2, 0) is 16.6 Å². The summed E-state index contributed by atoms with van der Waals surface area (Å²) in [7, 11) is -3.80. The molecule has 0 atom stereocenters. The molecule has 3 nitrogen and oxygen atoms in total. The van der Waals surface area contributed by atoms with Gasteiger partial charge in [-0.3, -0.25) is 4.31 Å². The molecule has 0 saturated heterocycles. The smallest absolute Gasteiger partial charge is 0.262 e. The molecule has 0 N–H and O–H groups in total. The fourth-order valence-electron chi connectivity index (χ4n) is 2.42. The van der Waals surface area contributed by atoms with Gasteiger partial charge in [-0.05, 0) is 35.9 Å². The first-order valence-electron chi connectivity index (χ1n) is 7.55. The van der Waals surface area contributed by atoms with E-state index in [1.165, 1.54) is 22.5 Å². The summed E-state index contributed by atoms with van der Waals surface area (Å²) in [5, 5.41) is 0.519. The maximum absolute atomic E-state index is 13.2. The maximum atomic E-state index is 13.2. The van der Waals surface area contributed by atoms with E-state index in [2.05, 4.69) is 0 Å². The Morgan fingerprint density at radius 3 is 1.96 bits per heavy atom.